The molecule has 1 aliphatic rings. The third-order valence-corrected chi connectivity index (χ3v) is 2.76. The van der Waals surface area contributed by atoms with E-state index in [4.69, 9.17) is 14.7 Å². The first kappa shape index (κ1) is 13.7. The van der Waals surface area contributed by atoms with E-state index in [1.807, 2.05) is 0 Å². The number of hydrogen-bond acceptors (Lipinski definition) is 3. The van der Waals surface area contributed by atoms with E-state index in [0.717, 1.165) is 25.0 Å². The highest BCUT2D eigenvalue weighted by Gasteiger charge is 2.34. The molecule has 0 saturated heterocycles. The highest BCUT2D eigenvalue weighted by molar-refractivity contribution is 5.43. The van der Waals surface area contributed by atoms with E-state index in [1.165, 1.54) is 6.07 Å². The van der Waals surface area contributed by atoms with Gasteiger partial charge < -0.3 is 9.47 Å². The first-order chi connectivity index (χ1) is 9.00. The Hall–Kier alpha value is -1.74. The molecule has 1 aromatic rings. The van der Waals surface area contributed by atoms with Gasteiger partial charge in [-0.05, 0) is 37.0 Å². The van der Waals surface area contributed by atoms with Crippen LogP contribution in [0.3, 0.4) is 0 Å². The molecule has 1 aromatic carbocycles. The summed E-state index contributed by atoms with van der Waals surface area (Å²) in [5, 5.41) is 8.62. The monoisotopic (exact) mass is 271 g/mol. The van der Waals surface area contributed by atoms with Gasteiger partial charge in [0.15, 0.2) is 6.79 Å². The molecule has 0 amide bonds. The zero-order valence-electron chi connectivity index (χ0n) is 10.0. The second kappa shape index (κ2) is 5.49. The van der Waals surface area contributed by atoms with Crippen LogP contribution < -0.4 is 4.74 Å². The number of nitrogens with zero attached hydrogens (tertiary/aromatic N) is 1. The van der Waals surface area contributed by atoms with Gasteiger partial charge in [0.2, 0.25) is 0 Å². The van der Waals surface area contributed by atoms with Gasteiger partial charge in [-0.1, -0.05) is 0 Å². The SMILES string of the molecule is N#Cc1ccc(OCOCC2CC2)c(C(F)(F)F)c1. The lowest BCUT2D eigenvalue weighted by atomic mass is 10.1. The molecule has 3 nitrogen and oxygen atoms in total. The average Bonchev–Trinajstić information content (AvgIpc) is 3.17. The summed E-state index contributed by atoms with van der Waals surface area (Å²) in [5.41, 5.74) is -1.01. The van der Waals surface area contributed by atoms with Crippen molar-refractivity contribution in [3.8, 4) is 11.8 Å². The maximum absolute atomic E-state index is 12.8. The predicted octanol–water partition coefficient (Wildman–Crippen LogP) is 3.34. The quantitative estimate of drug-likeness (QED) is 0.609. The Morgan fingerprint density at radius 3 is 2.63 bits per heavy atom. The van der Waals surface area contributed by atoms with Crippen LogP contribution in [0.15, 0.2) is 18.2 Å². The standard InChI is InChI=1S/C13H12F3NO2/c14-13(15,16)11-5-10(6-17)3-4-12(11)19-8-18-7-9-1-2-9/h3-5,9H,1-2,7-8H2. The Morgan fingerprint density at radius 1 is 1.32 bits per heavy atom. The van der Waals surface area contributed by atoms with Crippen LogP contribution in [0.4, 0.5) is 13.2 Å². The highest BCUT2D eigenvalue weighted by atomic mass is 19.4. The molecule has 1 aliphatic carbocycles. The minimum atomic E-state index is -4.56. The summed E-state index contributed by atoms with van der Waals surface area (Å²) in [6.07, 6.45) is -2.35. The highest BCUT2D eigenvalue weighted by Crippen LogP contribution is 2.37. The van der Waals surface area contributed by atoms with Crippen LogP contribution in [0.1, 0.15) is 24.0 Å². The van der Waals surface area contributed by atoms with Gasteiger partial charge in [-0.25, -0.2) is 0 Å². The number of alkyl halides is 3. The summed E-state index contributed by atoms with van der Waals surface area (Å²) in [6.45, 7) is 0.295. The maximum atomic E-state index is 12.8. The largest absolute Gasteiger partial charge is 0.467 e. The zero-order chi connectivity index (χ0) is 13.9. The molecular weight excluding hydrogens is 259 g/mol. The molecule has 1 fully saturated rings. The molecule has 0 heterocycles. The third kappa shape index (κ3) is 3.86. The lowest BCUT2D eigenvalue weighted by molar-refractivity contribution is -0.139. The first-order valence-corrected chi connectivity index (χ1v) is 5.82. The molecule has 0 N–H and O–H groups in total. The van der Waals surface area contributed by atoms with Crippen LogP contribution in [0.25, 0.3) is 0 Å². The fraction of sp³-hybridized carbons (Fsp3) is 0.462. The van der Waals surface area contributed by atoms with E-state index in [2.05, 4.69) is 0 Å². The van der Waals surface area contributed by atoms with E-state index in [9.17, 15) is 13.2 Å². The summed E-state index contributed by atoms with van der Waals surface area (Å²) in [5.74, 6) is 0.203. The van der Waals surface area contributed by atoms with Crippen molar-refractivity contribution in [2.45, 2.75) is 19.0 Å². The van der Waals surface area contributed by atoms with Gasteiger partial charge in [0.1, 0.15) is 5.75 Å². The van der Waals surface area contributed by atoms with Crippen molar-refractivity contribution in [3.63, 3.8) is 0 Å². The Kier molecular flexibility index (Phi) is 3.96. The molecule has 19 heavy (non-hydrogen) atoms. The van der Waals surface area contributed by atoms with Gasteiger partial charge in [0.05, 0.1) is 23.8 Å². The van der Waals surface area contributed by atoms with Gasteiger partial charge in [-0.15, -0.1) is 0 Å². The van der Waals surface area contributed by atoms with Gasteiger partial charge in [-0.3, -0.25) is 0 Å². The normalized spacial score (nSPS) is 15.1. The number of rotatable bonds is 5. The van der Waals surface area contributed by atoms with E-state index in [1.54, 1.807) is 6.07 Å². The summed E-state index contributed by atoms with van der Waals surface area (Å²) in [6, 6.07) is 4.87. The van der Waals surface area contributed by atoms with E-state index in [0.29, 0.717) is 12.5 Å². The number of benzene rings is 1. The molecule has 2 rings (SSSR count). The average molecular weight is 271 g/mol. The summed E-state index contributed by atoms with van der Waals surface area (Å²) < 4.78 is 48.5. The molecule has 0 aromatic heterocycles. The summed E-state index contributed by atoms with van der Waals surface area (Å²) in [7, 11) is 0. The minimum absolute atomic E-state index is 0.0569. The number of hydrogen-bond donors (Lipinski definition) is 0. The smallest absolute Gasteiger partial charge is 0.420 e. The fourth-order valence-electron chi connectivity index (χ4n) is 1.55. The van der Waals surface area contributed by atoms with Gasteiger partial charge in [0, 0.05) is 0 Å². The van der Waals surface area contributed by atoms with Crippen LogP contribution in [0.2, 0.25) is 0 Å². The molecule has 102 valence electrons. The zero-order valence-corrected chi connectivity index (χ0v) is 10.0. The second-order valence-electron chi connectivity index (χ2n) is 4.40. The maximum Gasteiger partial charge on any atom is 0.420 e. The van der Waals surface area contributed by atoms with Crippen LogP contribution in [-0.4, -0.2) is 13.4 Å². The minimum Gasteiger partial charge on any atom is -0.467 e. The van der Waals surface area contributed by atoms with Crippen molar-refractivity contribution in [1.29, 1.82) is 5.26 Å². The van der Waals surface area contributed by atoms with Crippen LogP contribution in [-0.2, 0) is 10.9 Å². The van der Waals surface area contributed by atoms with Crippen molar-refractivity contribution in [2.24, 2.45) is 5.92 Å². The summed E-state index contributed by atoms with van der Waals surface area (Å²) in [4.78, 5) is 0. The Bertz CT molecular complexity index is 490. The van der Waals surface area contributed by atoms with Crippen molar-refractivity contribution in [3.05, 3.63) is 29.3 Å². The first-order valence-electron chi connectivity index (χ1n) is 5.82. The molecule has 0 radical (unpaired) electrons. The van der Waals surface area contributed by atoms with Crippen molar-refractivity contribution in [1.82, 2.24) is 0 Å². The van der Waals surface area contributed by atoms with E-state index in [-0.39, 0.29) is 18.1 Å². The molecule has 0 bridgehead atoms. The van der Waals surface area contributed by atoms with E-state index < -0.39 is 11.7 Å². The predicted molar refractivity (Wildman–Crippen MR) is 60.3 cm³/mol. The second-order valence-corrected chi connectivity index (χ2v) is 4.40. The van der Waals surface area contributed by atoms with Crippen molar-refractivity contribution in [2.75, 3.05) is 13.4 Å². The molecule has 1 saturated carbocycles. The van der Waals surface area contributed by atoms with Gasteiger partial charge in [0.25, 0.3) is 0 Å². The molecular formula is C13H12F3NO2. The molecule has 6 heteroatoms. The van der Waals surface area contributed by atoms with Gasteiger partial charge >= 0.3 is 6.18 Å². The number of halogens is 3. The molecule has 0 unspecified atom stereocenters. The molecule has 0 aliphatic heterocycles. The Labute approximate surface area is 108 Å². The van der Waals surface area contributed by atoms with Crippen LogP contribution in [0.5, 0.6) is 5.75 Å². The van der Waals surface area contributed by atoms with Crippen LogP contribution >= 0.6 is 0 Å². The number of ether oxygens (including phenoxy) is 2. The lowest BCUT2D eigenvalue weighted by Crippen LogP contribution is -2.11. The van der Waals surface area contributed by atoms with Crippen molar-refractivity contribution < 1.29 is 22.6 Å². The van der Waals surface area contributed by atoms with E-state index >= 15 is 0 Å². The molecule has 0 atom stereocenters. The number of nitriles is 1. The van der Waals surface area contributed by atoms with Crippen molar-refractivity contribution >= 4 is 0 Å². The topological polar surface area (TPSA) is 42.2 Å². The Morgan fingerprint density at radius 2 is 2.05 bits per heavy atom. The fourth-order valence-corrected chi connectivity index (χ4v) is 1.55. The molecule has 0 spiro atoms. The van der Waals surface area contributed by atoms with Gasteiger partial charge in [-0.2, -0.15) is 18.4 Å². The Balaban J connectivity index is 2.03. The summed E-state index contributed by atoms with van der Waals surface area (Å²) >= 11 is 0. The van der Waals surface area contributed by atoms with Crippen LogP contribution in [0, 0.1) is 17.2 Å². The lowest BCUT2D eigenvalue weighted by Gasteiger charge is -2.14. The third-order valence-electron chi connectivity index (χ3n) is 2.76.